The molecule has 0 bridgehead atoms. The van der Waals surface area contributed by atoms with Crippen molar-refractivity contribution in [1.29, 1.82) is 0 Å². The maximum absolute atomic E-state index is 12.3. The van der Waals surface area contributed by atoms with E-state index in [-0.39, 0.29) is 0 Å². The summed E-state index contributed by atoms with van der Waals surface area (Å²) in [4.78, 5) is 4.50. The molecular formula is C7H4F6N2S. The van der Waals surface area contributed by atoms with E-state index in [2.05, 4.69) is 22.6 Å². The van der Waals surface area contributed by atoms with Gasteiger partial charge in [-0.3, -0.25) is 0 Å². The van der Waals surface area contributed by atoms with E-state index >= 15 is 0 Å². The predicted octanol–water partition coefficient (Wildman–Crippen LogP) is 3.11. The minimum atomic E-state index is -5.00. The molecule has 0 N–H and O–H groups in total. The maximum Gasteiger partial charge on any atom is 0.434 e. The van der Waals surface area contributed by atoms with Crippen molar-refractivity contribution in [2.75, 3.05) is 0 Å². The van der Waals surface area contributed by atoms with E-state index in [0.29, 0.717) is 0 Å². The number of rotatable bonds is 0. The summed E-state index contributed by atoms with van der Waals surface area (Å²) in [5, 5.41) is 0. The summed E-state index contributed by atoms with van der Waals surface area (Å²) in [5.41, 5.74) is -3.37. The zero-order chi connectivity index (χ0) is 12.7. The number of aryl methyl sites for hydroxylation is 1. The molecule has 0 fully saturated rings. The molecule has 90 valence electrons. The van der Waals surface area contributed by atoms with E-state index in [0.717, 1.165) is 6.92 Å². The summed E-state index contributed by atoms with van der Waals surface area (Å²) in [7, 11) is 0. The highest BCUT2D eigenvalue weighted by Gasteiger charge is 2.42. The van der Waals surface area contributed by atoms with E-state index in [1.54, 1.807) is 0 Å². The van der Waals surface area contributed by atoms with Crippen molar-refractivity contribution in [2.24, 2.45) is 0 Å². The van der Waals surface area contributed by atoms with E-state index in [9.17, 15) is 26.3 Å². The Hall–Kier alpha value is -0.990. The van der Waals surface area contributed by atoms with Gasteiger partial charge in [0.1, 0.15) is 5.82 Å². The summed E-state index contributed by atoms with van der Waals surface area (Å²) in [6, 6.07) is 0. The van der Waals surface area contributed by atoms with Crippen LogP contribution in [0.15, 0.2) is 4.90 Å². The Bertz CT molecular complexity index is 375. The molecule has 0 amide bonds. The zero-order valence-electron chi connectivity index (χ0n) is 7.61. The largest absolute Gasteiger partial charge is 0.434 e. The Kier molecular flexibility index (Phi) is 3.10. The molecule has 0 aliphatic rings. The van der Waals surface area contributed by atoms with Crippen LogP contribution in [0.25, 0.3) is 0 Å². The molecule has 0 unspecified atom stereocenters. The molecule has 0 saturated heterocycles. The molecule has 0 radical (unpaired) electrons. The number of alkyl halides is 6. The standard InChI is InChI=1S/C7H4F6N2S/c1-2-14-4(6(8,9)10)3(16)5(15-2)7(11,12)13/h16H,1H3. The zero-order valence-corrected chi connectivity index (χ0v) is 8.50. The van der Waals surface area contributed by atoms with E-state index in [4.69, 9.17) is 0 Å². The Morgan fingerprint density at radius 3 is 1.44 bits per heavy atom. The van der Waals surface area contributed by atoms with Gasteiger partial charge < -0.3 is 0 Å². The molecule has 9 heteroatoms. The number of hydrogen-bond acceptors (Lipinski definition) is 3. The number of halogens is 6. The quantitative estimate of drug-likeness (QED) is 0.574. The van der Waals surface area contributed by atoms with Crippen molar-refractivity contribution >= 4 is 12.6 Å². The monoisotopic (exact) mass is 262 g/mol. The van der Waals surface area contributed by atoms with Gasteiger partial charge in [0, 0.05) is 0 Å². The smallest absolute Gasteiger partial charge is 0.228 e. The highest BCUT2D eigenvalue weighted by Crippen LogP contribution is 2.38. The molecule has 0 aliphatic heterocycles. The van der Waals surface area contributed by atoms with E-state index in [1.807, 2.05) is 0 Å². The molecule has 0 aromatic carbocycles. The Morgan fingerprint density at radius 1 is 0.875 bits per heavy atom. The fourth-order valence-electron chi connectivity index (χ4n) is 0.962. The second-order valence-electron chi connectivity index (χ2n) is 2.81. The van der Waals surface area contributed by atoms with Gasteiger partial charge >= 0.3 is 12.4 Å². The third-order valence-corrected chi connectivity index (χ3v) is 1.96. The van der Waals surface area contributed by atoms with Crippen LogP contribution < -0.4 is 0 Å². The molecule has 1 aromatic heterocycles. The van der Waals surface area contributed by atoms with Gasteiger partial charge in [0.15, 0.2) is 11.4 Å². The van der Waals surface area contributed by atoms with Crippen molar-refractivity contribution < 1.29 is 26.3 Å². The van der Waals surface area contributed by atoms with Gasteiger partial charge in [-0.25, -0.2) is 9.97 Å². The van der Waals surface area contributed by atoms with Gasteiger partial charge in [-0.05, 0) is 6.92 Å². The lowest BCUT2D eigenvalue weighted by Gasteiger charge is -2.14. The first kappa shape index (κ1) is 13.1. The molecule has 1 rings (SSSR count). The normalized spacial score (nSPS) is 13.0. The second-order valence-corrected chi connectivity index (χ2v) is 3.26. The number of thiol groups is 1. The van der Waals surface area contributed by atoms with Crippen LogP contribution in [0.3, 0.4) is 0 Å². The van der Waals surface area contributed by atoms with Crippen LogP contribution in [-0.4, -0.2) is 9.97 Å². The molecule has 1 aromatic rings. The first-order valence-corrected chi connectivity index (χ1v) is 4.20. The van der Waals surface area contributed by atoms with Crippen molar-refractivity contribution in [1.82, 2.24) is 9.97 Å². The Labute approximate surface area is 91.1 Å². The molecule has 2 nitrogen and oxygen atoms in total. The van der Waals surface area contributed by atoms with Crippen molar-refractivity contribution in [3.8, 4) is 0 Å². The first-order chi connectivity index (χ1) is 7.03. The number of nitrogens with zero attached hydrogens (tertiary/aromatic N) is 2. The summed E-state index contributed by atoms with van der Waals surface area (Å²) in [6.45, 7) is 0.942. The van der Waals surface area contributed by atoms with Crippen LogP contribution in [0.1, 0.15) is 17.2 Å². The van der Waals surface area contributed by atoms with Crippen molar-refractivity contribution in [3.63, 3.8) is 0 Å². The average molecular weight is 262 g/mol. The lowest BCUT2D eigenvalue weighted by molar-refractivity contribution is -0.152. The first-order valence-electron chi connectivity index (χ1n) is 3.75. The topological polar surface area (TPSA) is 25.8 Å². The molecule has 16 heavy (non-hydrogen) atoms. The molecular weight excluding hydrogens is 258 g/mol. The van der Waals surface area contributed by atoms with Crippen LogP contribution in [0.4, 0.5) is 26.3 Å². The van der Waals surface area contributed by atoms with Crippen LogP contribution in [0, 0.1) is 6.92 Å². The van der Waals surface area contributed by atoms with Gasteiger partial charge in [0.2, 0.25) is 0 Å². The van der Waals surface area contributed by atoms with Gasteiger partial charge in [-0.2, -0.15) is 26.3 Å². The fraction of sp³-hybridized carbons (Fsp3) is 0.429. The van der Waals surface area contributed by atoms with Gasteiger partial charge in [0.05, 0.1) is 4.90 Å². The maximum atomic E-state index is 12.3. The predicted molar refractivity (Wildman–Crippen MR) is 44.0 cm³/mol. The average Bonchev–Trinajstić information content (AvgIpc) is 2.04. The third-order valence-electron chi connectivity index (χ3n) is 1.53. The lowest BCUT2D eigenvalue weighted by atomic mass is 10.3. The minimum absolute atomic E-state index is 0.613. The number of aromatic nitrogens is 2. The SMILES string of the molecule is Cc1nc(C(F)(F)F)c(S)c(C(F)(F)F)n1. The molecule has 1 heterocycles. The minimum Gasteiger partial charge on any atom is -0.228 e. The molecule has 0 atom stereocenters. The van der Waals surface area contributed by atoms with Crippen LogP contribution >= 0.6 is 12.6 Å². The van der Waals surface area contributed by atoms with E-state index in [1.165, 1.54) is 0 Å². The van der Waals surface area contributed by atoms with Crippen LogP contribution in [0.5, 0.6) is 0 Å². The van der Waals surface area contributed by atoms with Gasteiger partial charge in [-0.1, -0.05) is 0 Å². The third kappa shape index (κ3) is 2.57. The van der Waals surface area contributed by atoms with Crippen molar-refractivity contribution in [2.45, 2.75) is 24.2 Å². The molecule has 0 saturated carbocycles. The summed E-state index contributed by atoms with van der Waals surface area (Å²) in [5.74, 6) is -0.613. The second kappa shape index (κ2) is 3.79. The summed E-state index contributed by atoms with van der Waals surface area (Å²) < 4.78 is 73.7. The van der Waals surface area contributed by atoms with Gasteiger partial charge in [0.25, 0.3) is 0 Å². The highest BCUT2D eigenvalue weighted by atomic mass is 32.1. The van der Waals surface area contributed by atoms with Crippen molar-refractivity contribution in [3.05, 3.63) is 17.2 Å². The fourth-order valence-corrected chi connectivity index (χ4v) is 1.32. The van der Waals surface area contributed by atoms with Crippen LogP contribution in [0.2, 0.25) is 0 Å². The Balaban J connectivity index is 3.51. The molecule has 0 spiro atoms. The summed E-state index contributed by atoms with van der Waals surface area (Å²) >= 11 is 3.18. The van der Waals surface area contributed by atoms with E-state index < -0.39 is 34.5 Å². The highest BCUT2D eigenvalue weighted by molar-refractivity contribution is 7.80. The lowest BCUT2D eigenvalue weighted by Crippen LogP contribution is -2.18. The Morgan fingerprint density at radius 2 is 1.19 bits per heavy atom. The molecule has 0 aliphatic carbocycles. The summed E-state index contributed by atoms with van der Waals surface area (Å²) in [6.07, 6.45) is -9.99. The van der Waals surface area contributed by atoms with Crippen LogP contribution in [-0.2, 0) is 12.4 Å². The number of hydrogen-bond donors (Lipinski definition) is 1. The van der Waals surface area contributed by atoms with Gasteiger partial charge in [-0.15, -0.1) is 12.6 Å².